The van der Waals surface area contributed by atoms with Crippen molar-refractivity contribution >= 4 is 23.6 Å². The predicted octanol–water partition coefficient (Wildman–Crippen LogP) is 1.56. The molecule has 0 aliphatic heterocycles. The van der Waals surface area contributed by atoms with E-state index in [1.54, 1.807) is 0 Å². The molecule has 4 nitrogen and oxygen atoms in total. The lowest BCUT2D eigenvalue weighted by atomic mass is 10.1. The standard InChI is InChI=1S/C14H17NO3S/c1-18-14(17)8-15-13(16)9-19-12-6-5-10-3-2-4-11(10)7-12/h5-7H,2-4,8-9H2,1H3,(H,15,16). The van der Waals surface area contributed by atoms with E-state index in [0.29, 0.717) is 5.75 Å². The summed E-state index contributed by atoms with van der Waals surface area (Å²) >= 11 is 1.49. The van der Waals surface area contributed by atoms with Crippen LogP contribution in [-0.2, 0) is 27.2 Å². The van der Waals surface area contributed by atoms with Crippen LogP contribution in [0.15, 0.2) is 23.1 Å². The molecule has 0 bridgehead atoms. The van der Waals surface area contributed by atoms with Gasteiger partial charge in [-0.25, -0.2) is 0 Å². The topological polar surface area (TPSA) is 55.4 Å². The molecular formula is C14H17NO3S. The molecule has 5 heteroatoms. The number of esters is 1. The van der Waals surface area contributed by atoms with Gasteiger partial charge in [-0.1, -0.05) is 6.07 Å². The van der Waals surface area contributed by atoms with Crippen LogP contribution < -0.4 is 5.32 Å². The highest BCUT2D eigenvalue weighted by molar-refractivity contribution is 8.00. The van der Waals surface area contributed by atoms with Gasteiger partial charge in [-0.2, -0.15) is 0 Å². The molecule has 0 heterocycles. The number of amides is 1. The maximum absolute atomic E-state index is 11.5. The van der Waals surface area contributed by atoms with Crippen LogP contribution in [0.3, 0.4) is 0 Å². The summed E-state index contributed by atoms with van der Waals surface area (Å²) in [7, 11) is 1.30. The fourth-order valence-electron chi connectivity index (χ4n) is 2.08. The predicted molar refractivity (Wildman–Crippen MR) is 74.2 cm³/mol. The van der Waals surface area contributed by atoms with Gasteiger partial charge >= 0.3 is 5.97 Å². The number of benzene rings is 1. The molecule has 0 unspecified atom stereocenters. The van der Waals surface area contributed by atoms with Crippen LogP contribution in [-0.4, -0.2) is 31.3 Å². The van der Waals surface area contributed by atoms with Gasteiger partial charge in [0.2, 0.25) is 5.91 Å². The van der Waals surface area contributed by atoms with Crippen molar-refractivity contribution in [1.82, 2.24) is 5.32 Å². The number of ether oxygens (including phenoxy) is 1. The quantitative estimate of drug-likeness (QED) is 0.656. The van der Waals surface area contributed by atoms with Crippen molar-refractivity contribution in [3.63, 3.8) is 0 Å². The SMILES string of the molecule is COC(=O)CNC(=O)CSc1ccc2c(c1)CCC2. The fraction of sp³-hybridized carbons (Fsp3) is 0.429. The molecule has 19 heavy (non-hydrogen) atoms. The number of rotatable bonds is 5. The van der Waals surface area contributed by atoms with Crippen LogP contribution in [0, 0.1) is 0 Å². The Morgan fingerprint density at radius 1 is 1.32 bits per heavy atom. The van der Waals surface area contributed by atoms with Gasteiger partial charge in [0.25, 0.3) is 0 Å². The number of carbonyl (C=O) groups is 2. The first-order valence-electron chi connectivity index (χ1n) is 6.27. The highest BCUT2D eigenvalue weighted by Gasteiger charge is 2.12. The molecule has 0 radical (unpaired) electrons. The molecule has 0 saturated heterocycles. The van der Waals surface area contributed by atoms with Gasteiger partial charge in [-0.05, 0) is 42.5 Å². The van der Waals surface area contributed by atoms with Crippen molar-refractivity contribution in [3.8, 4) is 0 Å². The zero-order valence-corrected chi connectivity index (χ0v) is 11.7. The molecule has 1 N–H and O–H groups in total. The molecule has 1 aromatic carbocycles. The van der Waals surface area contributed by atoms with Crippen LogP contribution >= 0.6 is 11.8 Å². The van der Waals surface area contributed by atoms with Crippen molar-refractivity contribution < 1.29 is 14.3 Å². The molecule has 102 valence electrons. The number of methoxy groups -OCH3 is 1. The number of carbonyl (C=O) groups excluding carboxylic acids is 2. The highest BCUT2D eigenvalue weighted by Crippen LogP contribution is 2.27. The van der Waals surface area contributed by atoms with E-state index >= 15 is 0 Å². The molecule has 1 aliphatic carbocycles. The molecule has 1 amide bonds. The average molecular weight is 279 g/mol. The van der Waals surface area contributed by atoms with Crippen molar-refractivity contribution in [2.24, 2.45) is 0 Å². The largest absolute Gasteiger partial charge is 0.468 e. The maximum Gasteiger partial charge on any atom is 0.325 e. The van der Waals surface area contributed by atoms with E-state index in [-0.39, 0.29) is 12.5 Å². The van der Waals surface area contributed by atoms with Gasteiger partial charge in [0.1, 0.15) is 6.54 Å². The number of aryl methyl sites for hydroxylation is 2. The van der Waals surface area contributed by atoms with Crippen molar-refractivity contribution in [3.05, 3.63) is 29.3 Å². The molecule has 0 atom stereocenters. The minimum absolute atomic E-state index is 0.0694. The molecule has 2 rings (SSSR count). The Hall–Kier alpha value is -1.49. The highest BCUT2D eigenvalue weighted by atomic mass is 32.2. The number of thioether (sulfide) groups is 1. The van der Waals surface area contributed by atoms with Crippen molar-refractivity contribution in [2.75, 3.05) is 19.4 Å². The summed E-state index contributed by atoms with van der Waals surface area (Å²) in [6, 6.07) is 6.38. The van der Waals surface area contributed by atoms with Crippen molar-refractivity contribution in [1.29, 1.82) is 0 Å². The Kier molecular flexibility index (Phi) is 4.85. The van der Waals surface area contributed by atoms with E-state index in [1.807, 2.05) is 0 Å². The summed E-state index contributed by atoms with van der Waals surface area (Å²) in [5, 5.41) is 2.52. The lowest BCUT2D eigenvalue weighted by Gasteiger charge is -2.05. The van der Waals surface area contributed by atoms with E-state index in [4.69, 9.17) is 0 Å². The monoisotopic (exact) mass is 279 g/mol. The molecule has 0 fully saturated rings. The summed E-state index contributed by atoms with van der Waals surface area (Å²) < 4.78 is 4.45. The Labute approximate surface area is 116 Å². The minimum Gasteiger partial charge on any atom is -0.468 e. The molecule has 1 aromatic rings. The Morgan fingerprint density at radius 3 is 2.89 bits per heavy atom. The van der Waals surface area contributed by atoms with Crippen LogP contribution in [0.25, 0.3) is 0 Å². The summed E-state index contributed by atoms with van der Waals surface area (Å²) in [6.07, 6.45) is 3.53. The fourth-order valence-corrected chi connectivity index (χ4v) is 2.87. The average Bonchev–Trinajstić information content (AvgIpc) is 2.89. The molecule has 0 aromatic heterocycles. The zero-order chi connectivity index (χ0) is 13.7. The molecule has 0 saturated carbocycles. The Morgan fingerprint density at radius 2 is 2.11 bits per heavy atom. The maximum atomic E-state index is 11.5. The zero-order valence-electron chi connectivity index (χ0n) is 10.9. The molecule has 1 aliphatic rings. The molecule has 0 spiro atoms. The third kappa shape index (κ3) is 3.99. The third-order valence-corrected chi connectivity index (χ3v) is 4.09. The third-order valence-electron chi connectivity index (χ3n) is 3.10. The van der Waals surface area contributed by atoms with E-state index in [1.165, 1.54) is 42.8 Å². The van der Waals surface area contributed by atoms with E-state index < -0.39 is 5.97 Å². The number of nitrogens with one attached hydrogen (secondary N) is 1. The van der Waals surface area contributed by atoms with E-state index in [0.717, 1.165) is 11.3 Å². The van der Waals surface area contributed by atoms with Gasteiger partial charge in [0.05, 0.1) is 12.9 Å². The van der Waals surface area contributed by atoms with Crippen LogP contribution in [0.1, 0.15) is 17.5 Å². The van der Waals surface area contributed by atoms with E-state index in [2.05, 4.69) is 28.3 Å². The van der Waals surface area contributed by atoms with Crippen LogP contribution in [0.4, 0.5) is 0 Å². The second kappa shape index (κ2) is 6.61. The van der Waals surface area contributed by atoms with Crippen LogP contribution in [0.2, 0.25) is 0 Å². The minimum atomic E-state index is -0.434. The lowest BCUT2D eigenvalue weighted by molar-refractivity contribution is -0.140. The Bertz CT molecular complexity index is 488. The van der Waals surface area contributed by atoms with Crippen LogP contribution in [0.5, 0.6) is 0 Å². The number of hydrogen-bond donors (Lipinski definition) is 1. The van der Waals surface area contributed by atoms with Gasteiger partial charge in [-0.3, -0.25) is 9.59 Å². The summed E-state index contributed by atoms with van der Waals surface area (Å²) in [6.45, 7) is -0.0694. The normalized spacial score (nSPS) is 12.9. The van der Waals surface area contributed by atoms with Gasteiger partial charge in [-0.15, -0.1) is 11.8 Å². The number of fused-ring (bicyclic) bond motifs is 1. The van der Waals surface area contributed by atoms with Crippen molar-refractivity contribution in [2.45, 2.75) is 24.2 Å². The summed E-state index contributed by atoms with van der Waals surface area (Å²) in [5.41, 5.74) is 2.83. The van der Waals surface area contributed by atoms with E-state index in [9.17, 15) is 9.59 Å². The second-order valence-electron chi connectivity index (χ2n) is 4.43. The van der Waals surface area contributed by atoms with Gasteiger partial charge in [0.15, 0.2) is 0 Å². The molecular weight excluding hydrogens is 262 g/mol. The second-order valence-corrected chi connectivity index (χ2v) is 5.47. The number of hydrogen-bond acceptors (Lipinski definition) is 4. The lowest BCUT2D eigenvalue weighted by Crippen LogP contribution is -2.31. The first-order valence-corrected chi connectivity index (χ1v) is 7.25. The first kappa shape index (κ1) is 13.9. The first-order chi connectivity index (χ1) is 9.19. The summed E-state index contributed by atoms with van der Waals surface area (Å²) in [5.74, 6) is -0.276. The smallest absolute Gasteiger partial charge is 0.325 e. The van der Waals surface area contributed by atoms with Gasteiger partial charge < -0.3 is 10.1 Å². The summed E-state index contributed by atoms with van der Waals surface area (Å²) in [4.78, 5) is 23.5. The Balaban J connectivity index is 1.79. The van der Waals surface area contributed by atoms with Gasteiger partial charge in [0, 0.05) is 4.90 Å².